The number of hydrogen-bond acceptors (Lipinski definition) is 6. The number of nitrogen functional groups attached to an aromatic ring is 1. The molecule has 0 spiro atoms. The van der Waals surface area contributed by atoms with Crippen molar-refractivity contribution in [1.82, 2.24) is 15.1 Å². The van der Waals surface area contributed by atoms with Crippen LogP contribution in [0.15, 0.2) is 27.9 Å². The molecule has 2 aromatic heterocycles. The average Bonchev–Trinajstić information content (AvgIpc) is 2.65. The number of aromatic nitrogens is 3. The second-order valence-electron chi connectivity index (χ2n) is 2.55. The van der Waals surface area contributed by atoms with Gasteiger partial charge in [0.05, 0.1) is 10.6 Å². The van der Waals surface area contributed by atoms with Crippen molar-refractivity contribution in [1.29, 1.82) is 0 Å². The Balaban J connectivity index is 2.33. The summed E-state index contributed by atoms with van der Waals surface area (Å²) < 4.78 is 4.89. The lowest BCUT2D eigenvalue weighted by Crippen LogP contribution is -1.86. The smallest absolute Gasteiger partial charge is 0.261 e. The molecule has 5 nitrogen and oxygen atoms in total. The van der Waals surface area contributed by atoms with Crippen LogP contribution in [0.5, 0.6) is 0 Å². The van der Waals surface area contributed by atoms with E-state index in [1.54, 1.807) is 18.0 Å². The molecule has 2 heterocycles. The molecule has 2 N–H and O–H groups in total. The minimum atomic E-state index is 0.133. The third-order valence-electron chi connectivity index (χ3n) is 1.63. The van der Waals surface area contributed by atoms with E-state index in [4.69, 9.17) is 10.3 Å². The molecular weight excluding hydrogens is 200 g/mol. The fourth-order valence-electron chi connectivity index (χ4n) is 0.980. The molecule has 0 aliphatic heterocycles. The lowest BCUT2D eigenvalue weighted by molar-refractivity contribution is 0.433. The van der Waals surface area contributed by atoms with Gasteiger partial charge >= 0.3 is 0 Å². The van der Waals surface area contributed by atoms with Gasteiger partial charge in [0.2, 0.25) is 0 Å². The van der Waals surface area contributed by atoms with Gasteiger partial charge in [0, 0.05) is 6.20 Å². The molecule has 0 aliphatic carbocycles. The van der Waals surface area contributed by atoms with Gasteiger partial charge in [-0.3, -0.25) is 0 Å². The van der Waals surface area contributed by atoms with Gasteiger partial charge in [-0.1, -0.05) is 0 Å². The highest BCUT2D eigenvalue weighted by Crippen LogP contribution is 2.19. The molecule has 0 bridgehead atoms. The van der Waals surface area contributed by atoms with Crippen LogP contribution in [-0.2, 0) is 0 Å². The van der Waals surface area contributed by atoms with Crippen molar-refractivity contribution < 1.29 is 4.52 Å². The molecule has 2 rings (SSSR count). The number of pyridine rings is 1. The topological polar surface area (TPSA) is 77.8 Å². The van der Waals surface area contributed by atoms with Crippen molar-refractivity contribution in [2.45, 2.75) is 5.03 Å². The van der Waals surface area contributed by atoms with E-state index in [9.17, 15) is 0 Å². The van der Waals surface area contributed by atoms with Crippen LogP contribution in [0.3, 0.4) is 0 Å². The van der Waals surface area contributed by atoms with Gasteiger partial charge in [-0.2, -0.15) is 4.98 Å². The third kappa shape index (κ3) is 1.69. The maximum absolute atomic E-state index is 5.33. The van der Waals surface area contributed by atoms with Crippen molar-refractivity contribution in [2.75, 3.05) is 12.0 Å². The predicted octanol–water partition coefficient (Wildman–Crippen LogP) is 1.44. The molecule has 0 fully saturated rings. The standard InChI is InChI=1S/C8H8N4OS/c1-14-6-3-2-5(4-10-6)7-11-8(9)12-13-7/h2-4H,1H3,(H2,9,12). The van der Waals surface area contributed by atoms with E-state index in [1.165, 1.54) is 0 Å². The summed E-state index contributed by atoms with van der Waals surface area (Å²) in [6, 6.07) is 3.76. The molecule has 2 aromatic rings. The number of thioether (sulfide) groups is 1. The summed E-state index contributed by atoms with van der Waals surface area (Å²) in [4.78, 5) is 8.07. The van der Waals surface area contributed by atoms with Gasteiger partial charge in [-0.05, 0) is 23.5 Å². The zero-order valence-electron chi connectivity index (χ0n) is 7.47. The summed E-state index contributed by atoms with van der Waals surface area (Å²) in [6.07, 6.45) is 3.64. The minimum Gasteiger partial charge on any atom is -0.365 e. The first-order valence-electron chi connectivity index (χ1n) is 3.89. The van der Waals surface area contributed by atoms with Crippen molar-refractivity contribution in [3.63, 3.8) is 0 Å². The summed E-state index contributed by atoms with van der Waals surface area (Å²) in [7, 11) is 0. The van der Waals surface area contributed by atoms with Crippen LogP contribution in [-0.4, -0.2) is 21.4 Å². The molecule has 0 saturated heterocycles. The predicted molar refractivity (Wildman–Crippen MR) is 53.7 cm³/mol. The molecule has 72 valence electrons. The highest BCUT2D eigenvalue weighted by molar-refractivity contribution is 7.98. The van der Waals surface area contributed by atoms with Crippen LogP contribution < -0.4 is 5.73 Å². The van der Waals surface area contributed by atoms with Crippen molar-refractivity contribution in [3.05, 3.63) is 18.3 Å². The zero-order chi connectivity index (χ0) is 9.97. The summed E-state index contributed by atoms with van der Waals surface area (Å²) in [5.41, 5.74) is 6.10. The molecular formula is C8H8N4OS. The van der Waals surface area contributed by atoms with Crippen LogP contribution in [0.1, 0.15) is 0 Å². The first-order valence-corrected chi connectivity index (χ1v) is 5.11. The maximum atomic E-state index is 5.33. The second kappa shape index (κ2) is 3.67. The Morgan fingerprint density at radius 1 is 1.43 bits per heavy atom. The number of anilines is 1. The first kappa shape index (κ1) is 9.01. The Bertz CT molecular complexity index is 425. The first-order chi connectivity index (χ1) is 6.79. The summed E-state index contributed by atoms with van der Waals surface area (Å²) in [5.74, 6) is 0.525. The van der Waals surface area contributed by atoms with E-state index < -0.39 is 0 Å². The van der Waals surface area contributed by atoms with Crippen LogP contribution in [0.4, 0.5) is 5.95 Å². The normalized spacial score (nSPS) is 10.4. The average molecular weight is 208 g/mol. The molecule has 14 heavy (non-hydrogen) atoms. The molecule has 0 amide bonds. The molecule has 0 saturated carbocycles. The van der Waals surface area contributed by atoms with E-state index in [1.807, 2.05) is 18.4 Å². The lowest BCUT2D eigenvalue weighted by atomic mass is 10.3. The highest BCUT2D eigenvalue weighted by atomic mass is 32.2. The van der Waals surface area contributed by atoms with Crippen molar-refractivity contribution in [2.24, 2.45) is 0 Å². The van der Waals surface area contributed by atoms with Gasteiger partial charge in [-0.15, -0.1) is 11.8 Å². The Morgan fingerprint density at radius 2 is 2.29 bits per heavy atom. The Hall–Kier alpha value is -1.56. The van der Waals surface area contributed by atoms with Crippen LogP contribution in [0.2, 0.25) is 0 Å². The maximum Gasteiger partial charge on any atom is 0.261 e. The van der Waals surface area contributed by atoms with E-state index in [2.05, 4.69) is 15.1 Å². The zero-order valence-corrected chi connectivity index (χ0v) is 8.28. The molecule has 0 aliphatic rings. The van der Waals surface area contributed by atoms with Crippen LogP contribution in [0.25, 0.3) is 11.5 Å². The van der Waals surface area contributed by atoms with Crippen molar-refractivity contribution in [3.8, 4) is 11.5 Å². The van der Waals surface area contributed by atoms with Crippen LogP contribution in [0, 0.1) is 0 Å². The summed E-state index contributed by atoms with van der Waals surface area (Å²) >= 11 is 1.58. The Kier molecular flexibility index (Phi) is 2.36. The molecule has 0 atom stereocenters. The third-order valence-corrected chi connectivity index (χ3v) is 2.29. The second-order valence-corrected chi connectivity index (χ2v) is 3.37. The number of nitrogens with zero attached hydrogens (tertiary/aromatic N) is 3. The molecule has 0 radical (unpaired) electrons. The Labute approximate surface area is 84.7 Å². The fraction of sp³-hybridized carbons (Fsp3) is 0.125. The fourth-order valence-corrected chi connectivity index (χ4v) is 1.34. The number of rotatable bonds is 2. The number of nitrogens with two attached hydrogens (primary N) is 1. The molecule has 0 unspecified atom stereocenters. The summed E-state index contributed by atoms with van der Waals surface area (Å²) in [5, 5.41) is 4.44. The molecule has 0 aromatic carbocycles. The summed E-state index contributed by atoms with van der Waals surface area (Å²) in [6.45, 7) is 0. The quantitative estimate of drug-likeness (QED) is 0.752. The highest BCUT2D eigenvalue weighted by Gasteiger charge is 2.06. The number of hydrogen-bond donors (Lipinski definition) is 1. The van der Waals surface area contributed by atoms with Gasteiger partial charge < -0.3 is 10.3 Å². The van der Waals surface area contributed by atoms with E-state index >= 15 is 0 Å². The van der Waals surface area contributed by atoms with E-state index in [0.29, 0.717) is 5.89 Å². The van der Waals surface area contributed by atoms with Crippen molar-refractivity contribution >= 4 is 17.7 Å². The van der Waals surface area contributed by atoms with Gasteiger partial charge in [0.15, 0.2) is 0 Å². The molecule has 6 heteroatoms. The Morgan fingerprint density at radius 3 is 2.79 bits per heavy atom. The van der Waals surface area contributed by atoms with Gasteiger partial charge in [-0.25, -0.2) is 4.98 Å². The SMILES string of the molecule is CSc1ccc(-c2nc(N)no2)cn1. The van der Waals surface area contributed by atoms with Crippen LogP contribution >= 0.6 is 11.8 Å². The van der Waals surface area contributed by atoms with Gasteiger partial charge in [0.1, 0.15) is 0 Å². The van der Waals surface area contributed by atoms with Gasteiger partial charge in [0.25, 0.3) is 11.8 Å². The van der Waals surface area contributed by atoms with E-state index in [-0.39, 0.29) is 5.95 Å². The van der Waals surface area contributed by atoms with E-state index in [0.717, 1.165) is 10.6 Å². The lowest BCUT2D eigenvalue weighted by Gasteiger charge is -1.95. The minimum absolute atomic E-state index is 0.133. The largest absolute Gasteiger partial charge is 0.365 e. The monoisotopic (exact) mass is 208 g/mol.